The minimum absolute atomic E-state index is 0.0120. The second-order valence-corrected chi connectivity index (χ2v) is 11.4. The summed E-state index contributed by atoms with van der Waals surface area (Å²) in [6.07, 6.45) is 1.92. The number of benzene rings is 1. The van der Waals surface area contributed by atoms with Gasteiger partial charge in [0.15, 0.2) is 0 Å². The van der Waals surface area contributed by atoms with Crippen LogP contribution in [0.5, 0.6) is 0 Å². The van der Waals surface area contributed by atoms with Crippen LogP contribution in [0.4, 0.5) is 0 Å². The van der Waals surface area contributed by atoms with Gasteiger partial charge >= 0.3 is 0 Å². The van der Waals surface area contributed by atoms with E-state index in [4.69, 9.17) is 4.74 Å². The molecular formula is C19H31N3O6S2. The first-order valence-electron chi connectivity index (χ1n) is 9.99. The van der Waals surface area contributed by atoms with E-state index in [9.17, 15) is 21.6 Å². The van der Waals surface area contributed by atoms with E-state index in [0.29, 0.717) is 45.6 Å². The molecule has 1 heterocycles. The molecule has 11 heteroatoms. The molecule has 0 bridgehead atoms. The molecule has 0 saturated carbocycles. The Labute approximate surface area is 179 Å². The van der Waals surface area contributed by atoms with E-state index >= 15 is 0 Å². The fourth-order valence-electron chi connectivity index (χ4n) is 3.19. The van der Waals surface area contributed by atoms with E-state index in [1.807, 2.05) is 6.92 Å². The molecular weight excluding hydrogens is 430 g/mol. The van der Waals surface area contributed by atoms with Crippen LogP contribution in [0.25, 0.3) is 0 Å². The molecule has 1 atom stereocenters. The summed E-state index contributed by atoms with van der Waals surface area (Å²) in [5.41, 5.74) is 0. The zero-order valence-electron chi connectivity index (χ0n) is 17.7. The van der Waals surface area contributed by atoms with Crippen LogP contribution in [0.1, 0.15) is 26.2 Å². The lowest BCUT2D eigenvalue weighted by molar-refractivity contribution is -0.126. The standard InChI is InChI=1S/C19H31N3O6S2/c1-4-28-14-6-12-20-19(23)16-7-5-13-22(15-16)30(26,27)18-10-8-17(9-11-18)29(24,25)21(2)3/h8-11,16H,4-7,12-15H2,1-3H3,(H,20,23). The normalized spacial score (nSPS) is 18.5. The highest BCUT2D eigenvalue weighted by Crippen LogP contribution is 2.25. The molecule has 1 N–H and O–H groups in total. The average molecular weight is 462 g/mol. The van der Waals surface area contributed by atoms with Crippen molar-refractivity contribution in [2.24, 2.45) is 5.92 Å². The van der Waals surface area contributed by atoms with Gasteiger partial charge in [0.25, 0.3) is 0 Å². The Morgan fingerprint density at radius 2 is 1.80 bits per heavy atom. The van der Waals surface area contributed by atoms with E-state index in [1.165, 1.54) is 42.7 Å². The smallest absolute Gasteiger partial charge is 0.243 e. The maximum Gasteiger partial charge on any atom is 0.243 e. The van der Waals surface area contributed by atoms with Gasteiger partial charge in [-0.15, -0.1) is 0 Å². The van der Waals surface area contributed by atoms with Gasteiger partial charge < -0.3 is 10.1 Å². The van der Waals surface area contributed by atoms with Gasteiger partial charge in [-0.2, -0.15) is 4.31 Å². The lowest BCUT2D eigenvalue weighted by atomic mass is 9.99. The minimum atomic E-state index is -3.82. The van der Waals surface area contributed by atoms with E-state index in [-0.39, 0.29) is 22.2 Å². The molecule has 1 aliphatic heterocycles. The summed E-state index contributed by atoms with van der Waals surface area (Å²) in [6.45, 7) is 4.03. The van der Waals surface area contributed by atoms with Crippen LogP contribution in [0.15, 0.2) is 34.1 Å². The van der Waals surface area contributed by atoms with Crippen molar-refractivity contribution in [3.05, 3.63) is 24.3 Å². The largest absolute Gasteiger partial charge is 0.382 e. The van der Waals surface area contributed by atoms with Crippen molar-refractivity contribution in [2.75, 3.05) is 46.9 Å². The molecule has 9 nitrogen and oxygen atoms in total. The number of amides is 1. The van der Waals surface area contributed by atoms with Gasteiger partial charge in [0.1, 0.15) is 0 Å². The number of nitrogens with one attached hydrogen (secondary N) is 1. The summed E-state index contributed by atoms with van der Waals surface area (Å²) >= 11 is 0. The number of hydrogen-bond acceptors (Lipinski definition) is 6. The first kappa shape index (κ1) is 24.7. The average Bonchev–Trinajstić information content (AvgIpc) is 2.73. The van der Waals surface area contributed by atoms with Crippen molar-refractivity contribution in [1.82, 2.24) is 13.9 Å². The van der Waals surface area contributed by atoms with Crippen LogP contribution in [0.3, 0.4) is 0 Å². The van der Waals surface area contributed by atoms with E-state index in [1.54, 1.807) is 0 Å². The topological polar surface area (TPSA) is 113 Å². The molecule has 0 aromatic heterocycles. The fraction of sp³-hybridized carbons (Fsp3) is 0.632. The second kappa shape index (κ2) is 10.7. The summed E-state index contributed by atoms with van der Waals surface area (Å²) < 4.78 is 57.9. The van der Waals surface area contributed by atoms with E-state index < -0.39 is 26.0 Å². The van der Waals surface area contributed by atoms with Crippen LogP contribution in [0, 0.1) is 5.92 Å². The van der Waals surface area contributed by atoms with Crippen LogP contribution in [0.2, 0.25) is 0 Å². The molecule has 0 spiro atoms. The van der Waals surface area contributed by atoms with E-state index in [2.05, 4.69) is 5.32 Å². The molecule has 170 valence electrons. The van der Waals surface area contributed by atoms with Gasteiger partial charge in [-0.3, -0.25) is 4.79 Å². The predicted octanol–water partition coefficient (Wildman–Crippen LogP) is 0.880. The number of nitrogens with zero attached hydrogens (tertiary/aromatic N) is 2. The summed E-state index contributed by atoms with van der Waals surface area (Å²) in [5, 5.41) is 2.85. The third-order valence-corrected chi connectivity index (χ3v) is 8.67. The Bertz CT molecular complexity index is 914. The fourth-order valence-corrected chi connectivity index (χ4v) is 5.62. The quantitative estimate of drug-likeness (QED) is 0.518. The lowest BCUT2D eigenvalue weighted by Gasteiger charge is -2.31. The number of carbonyl (C=O) groups is 1. The Morgan fingerprint density at radius 3 is 2.40 bits per heavy atom. The van der Waals surface area contributed by atoms with Crippen LogP contribution < -0.4 is 5.32 Å². The van der Waals surface area contributed by atoms with E-state index in [0.717, 1.165) is 4.31 Å². The SMILES string of the molecule is CCOCCCNC(=O)C1CCCN(S(=O)(=O)c2ccc(S(=O)(=O)N(C)C)cc2)C1. The van der Waals surface area contributed by atoms with Crippen molar-refractivity contribution in [3.8, 4) is 0 Å². The first-order chi connectivity index (χ1) is 14.1. The number of rotatable bonds is 10. The van der Waals surface area contributed by atoms with Gasteiger partial charge in [-0.05, 0) is 50.5 Å². The Balaban J connectivity index is 2.04. The van der Waals surface area contributed by atoms with Crippen molar-refractivity contribution in [1.29, 1.82) is 0 Å². The third-order valence-electron chi connectivity index (χ3n) is 4.96. The minimum Gasteiger partial charge on any atom is -0.382 e. The number of sulfonamides is 2. The van der Waals surface area contributed by atoms with Gasteiger partial charge in [-0.25, -0.2) is 21.1 Å². The lowest BCUT2D eigenvalue weighted by Crippen LogP contribution is -2.45. The van der Waals surface area contributed by atoms with Gasteiger partial charge in [-0.1, -0.05) is 0 Å². The molecule has 0 aliphatic carbocycles. The van der Waals surface area contributed by atoms with Crippen LogP contribution >= 0.6 is 0 Å². The van der Waals surface area contributed by atoms with Crippen molar-refractivity contribution < 1.29 is 26.4 Å². The first-order valence-corrected chi connectivity index (χ1v) is 12.9. The molecule has 1 fully saturated rings. The molecule has 1 unspecified atom stereocenters. The highest BCUT2D eigenvalue weighted by Gasteiger charge is 2.33. The number of hydrogen-bond donors (Lipinski definition) is 1. The Morgan fingerprint density at radius 1 is 1.17 bits per heavy atom. The van der Waals surface area contributed by atoms with Gasteiger partial charge in [0.05, 0.1) is 15.7 Å². The third kappa shape index (κ3) is 6.01. The molecule has 30 heavy (non-hydrogen) atoms. The summed E-state index contributed by atoms with van der Waals surface area (Å²) in [5.74, 6) is -0.562. The van der Waals surface area contributed by atoms with Crippen molar-refractivity contribution in [3.63, 3.8) is 0 Å². The zero-order chi connectivity index (χ0) is 22.4. The summed E-state index contributed by atoms with van der Waals surface area (Å²) in [4.78, 5) is 12.4. The number of carbonyl (C=O) groups excluding carboxylic acids is 1. The van der Waals surface area contributed by atoms with Crippen LogP contribution in [-0.4, -0.2) is 78.3 Å². The molecule has 0 radical (unpaired) electrons. The molecule has 1 aromatic carbocycles. The monoisotopic (exact) mass is 461 g/mol. The highest BCUT2D eigenvalue weighted by molar-refractivity contribution is 7.89. The summed E-state index contributed by atoms with van der Waals surface area (Å²) in [6, 6.07) is 5.16. The zero-order valence-corrected chi connectivity index (χ0v) is 19.3. The number of ether oxygens (including phenoxy) is 1. The molecule has 1 aromatic rings. The molecule has 1 saturated heterocycles. The maximum atomic E-state index is 13.0. The van der Waals surface area contributed by atoms with Crippen molar-refractivity contribution in [2.45, 2.75) is 36.0 Å². The second-order valence-electron chi connectivity index (χ2n) is 7.30. The predicted molar refractivity (Wildman–Crippen MR) is 113 cm³/mol. The Kier molecular flexibility index (Phi) is 8.80. The van der Waals surface area contributed by atoms with Gasteiger partial charge in [0.2, 0.25) is 26.0 Å². The van der Waals surface area contributed by atoms with Crippen molar-refractivity contribution >= 4 is 26.0 Å². The number of piperidine rings is 1. The Hall–Kier alpha value is -1.53. The van der Waals surface area contributed by atoms with Gasteiger partial charge in [0, 0.05) is 46.9 Å². The molecule has 1 aliphatic rings. The molecule has 1 amide bonds. The molecule has 2 rings (SSSR count). The highest BCUT2D eigenvalue weighted by atomic mass is 32.2. The summed E-state index contributed by atoms with van der Waals surface area (Å²) in [7, 11) is -4.63. The van der Waals surface area contributed by atoms with Crippen LogP contribution in [-0.2, 0) is 29.6 Å². The maximum absolute atomic E-state index is 13.0.